The molecule has 3 heterocycles. The van der Waals surface area contributed by atoms with Gasteiger partial charge in [0.05, 0.1) is 27.3 Å². The molecule has 0 atom stereocenters. The van der Waals surface area contributed by atoms with E-state index in [4.69, 9.17) is 0 Å². The topological polar surface area (TPSA) is 32.1 Å². The Morgan fingerprint density at radius 1 is 0.882 bits per heavy atom. The highest BCUT2D eigenvalue weighted by molar-refractivity contribution is 6.28. The molecule has 0 saturated carbocycles. The molecule has 6 aromatic rings. The Morgan fingerprint density at radius 3 is 2.32 bits per heavy atom. The molecule has 0 saturated heterocycles. The van der Waals surface area contributed by atoms with Crippen molar-refractivity contribution in [1.29, 1.82) is 5.26 Å². The fourth-order valence-electron chi connectivity index (χ4n) is 6.12. The molecule has 6 rings (SSSR count). The molecule has 0 unspecified atom stereocenters. The summed E-state index contributed by atoms with van der Waals surface area (Å²) in [6, 6.07) is 16.1. The second-order valence-corrected chi connectivity index (χ2v) is 11.3. The van der Waals surface area contributed by atoms with Gasteiger partial charge in [-0.15, -0.1) is 0 Å². The lowest BCUT2D eigenvalue weighted by molar-refractivity contribution is -0.644. The van der Waals surface area contributed by atoms with Crippen molar-refractivity contribution in [2.45, 2.75) is 48.0 Å². The van der Waals surface area contributed by atoms with Crippen molar-refractivity contribution < 1.29 is 4.57 Å². The average molecular weight is 445 g/mol. The SMILES string of the molecule is Cc1cc(C)c2c(c1C)c1c3c(ccc4c5cc(CC(C)(C)C)ccc5n2c43)c(C#N)c[n+]1C. The van der Waals surface area contributed by atoms with E-state index in [-0.39, 0.29) is 5.41 Å². The standard InChI is InChI=1S/C31H30N3/c1-17-12-18(2)28-26(19(17)3)30-27-22(21(15-32)16-33(30)7)9-10-23-24-13-20(14-31(4,5)6)8-11-25(24)34(28)29(23)27/h8-13,16H,14H2,1-7H3/q+1. The maximum atomic E-state index is 9.96. The minimum absolute atomic E-state index is 0.229. The van der Waals surface area contributed by atoms with Gasteiger partial charge in [-0.1, -0.05) is 45.0 Å². The summed E-state index contributed by atoms with van der Waals surface area (Å²) in [4.78, 5) is 0. The molecule has 0 aliphatic heterocycles. The fraction of sp³-hybridized carbons (Fsp3) is 0.290. The lowest BCUT2D eigenvalue weighted by Crippen LogP contribution is -2.30. The summed E-state index contributed by atoms with van der Waals surface area (Å²) in [6.45, 7) is 13.5. The highest BCUT2D eigenvalue weighted by Crippen LogP contribution is 2.43. The molecular weight excluding hydrogens is 414 g/mol. The first-order valence-corrected chi connectivity index (χ1v) is 12.0. The summed E-state index contributed by atoms with van der Waals surface area (Å²) in [5.41, 5.74) is 11.1. The second-order valence-electron chi connectivity index (χ2n) is 11.3. The third-order valence-electron chi connectivity index (χ3n) is 7.52. The van der Waals surface area contributed by atoms with Crippen LogP contribution in [0.15, 0.2) is 42.6 Å². The van der Waals surface area contributed by atoms with Crippen LogP contribution in [0.1, 0.15) is 48.6 Å². The van der Waals surface area contributed by atoms with Gasteiger partial charge in [-0.25, -0.2) is 0 Å². The molecule has 0 radical (unpaired) electrons. The van der Waals surface area contributed by atoms with Gasteiger partial charge in [-0.2, -0.15) is 9.83 Å². The van der Waals surface area contributed by atoms with Crippen molar-refractivity contribution in [2.75, 3.05) is 0 Å². The van der Waals surface area contributed by atoms with E-state index in [1.807, 2.05) is 6.20 Å². The van der Waals surface area contributed by atoms with Crippen LogP contribution in [0, 0.1) is 37.5 Å². The number of benzene rings is 3. The normalized spacial score (nSPS) is 12.6. The molecule has 0 N–H and O–H groups in total. The Kier molecular flexibility index (Phi) is 4.13. The quantitative estimate of drug-likeness (QED) is 0.150. The van der Waals surface area contributed by atoms with Gasteiger partial charge in [0.25, 0.3) is 0 Å². The van der Waals surface area contributed by atoms with E-state index < -0.39 is 0 Å². The van der Waals surface area contributed by atoms with E-state index in [1.165, 1.54) is 65.9 Å². The summed E-state index contributed by atoms with van der Waals surface area (Å²) in [5.74, 6) is 0. The number of hydrogen-bond donors (Lipinski definition) is 0. The third kappa shape index (κ3) is 2.66. The van der Waals surface area contributed by atoms with Crippen LogP contribution < -0.4 is 4.57 Å². The molecule has 0 aliphatic rings. The van der Waals surface area contributed by atoms with Gasteiger partial charge in [-0.05, 0) is 67.0 Å². The lowest BCUT2D eigenvalue weighted by Gasteiger charge is -2.18. The van der Waals surface area contributed by atoms with Gasteiger partial charge in [-0.3, -0.25) is 0 Å². The smallest absolute Gasteiger partial charge is 0.224 e. The van der Waals surface area contributed by atoms with Gasteiger partial charge < -0.3 is 4.40 Å². The molecule has 0 bridgehead atoms. The molecular formula is C31H30N3+. The lowest BCUT2D eigenvalue weighted by atomic mass is 9.88. The molecule has 3 aromatic heterocycles. The maximum absolute atomic E-state index is 9.96. The molecule has 3 heteroatoms. The van der Waals surface area contributed by atoms with Crippen LogP contribution in [0.5, 0.6) is 0 Å². The van der Waals surface area contributed by atoms with Crippen molar-refractivity contribution >= 4 is 49.0 Å². The van der Waals surface area contributed by atoms with Crippen LogP contribution in [0.25, 0.3) is 49.0 Å². The van der Waals surface area contributed by atoms with Crippen molar-refractivity contribution in [3.8, 4) is 6.07 Å². The molecule has 168 valence electrons. The number of hydrogen-bond acceptors (Lipinski definition) is 1. The Morgan fingerprint density at radius 2 is 1.62 bits per heavy atom. The molecule has 0 amide bonds. The highest BCUT2D eigenvalue weighted by Gasteiger charge is 2.27. The molecule has 0 spiro atoms. The van der Waals surface area contributed by atoms with E-state index >= 15 is 0 Å². The van der Waals surface area contributed by atoms with Gasteiger partial charge in [0.1, 0.15) is 18.7 Å². The zero-order valence-corrected chi connectivity index (χ0v) is 21.1. The second kappa shape index (κ2) is 6.70. The van der Waals surface area contributed by atoms with Crippen LogP contribution in [-0.4, -0.2) is 4.40 Å². The van der Waals surface area contributed by atoms with Crippen LogP contribution in [-0.2, 0) is 13.5 Å². The zero-order valence-electron chi connectivity index (χ0n) is 21.1. The Hall–Kier alpha value is -3.64. The fourth-order valence-corrected chi connectivity index (χ4v) is 6.12. The van der Waals surface area contributed by atoms with Gasteiger partial charge >= 0.3 is 0 Å². The molecule has 3 aromatic carbocycles. The predicted molar refractivity (Wildman–Crippen MR) is 142 cm³/mol. The summed E-state index contributed by atoms with van der Waals surface area (Å²) < 4.78 is 4.64. The maximum Gasteiger partial charge on any atom is 0.224 e. The Balaban J connectivity index is 1.97. The molecule has 3 nitrogen and oxygen atoms in total. The van der Waals surface area contributed by atoms with Crippen molar-refractivity contribution in [3.05, 3.63) is 70.4 Å². The number of pyridine rings is 2. The monoisotopic (exact) mass is 444 g/mol. The van der Waals surface area contributed by atoms with Crippen LogP contribution in [0.2, 0.25) is 0 Å². The van der Waals surface area contributed by atoms with Crippen molar-refractivity contribution in [3.63, 3.8) is 0 Å². The third-order valence-corrected chi connectivity index (χ3v) is 7.52. The van der Waals surface area contributed by atoms with E-state index in [1.54, 1.807) is 0 Å². The summed E-state index contributed by atoms with van der Waals surface area (Å²) in [5, 5.41) is 16.0. The van der Waals surface area contributed by atoms with Gasteiger partial charge in [0, 0.05) is 16.2 Å². The van der Waals surface area contributed by atoms with E-state index in [0.717, 1.165) is 17.4 Å². The average Bonchev–Trinajstić information content (AvgIpc) is 3.09. The van der Waals surface area contributed by atoms with Crippen LogP contribution >= 0.6 is 0 Å². The number of nitrogens with zero attached hydrogens (tertiary/aromatic N) is 3. The zero-order chi connectivity index (χ0) is 24.1. The summed E-state index contributed by atoms with van der Waals surface area (Å²) >= 11 is 0. The minimum atomic E-state index is 0.229. The number of fused-ring (bicyclic) bond motifs is 6. The van der Waals surface area contributed by atoms with Crippen LogP contribution in [0.4, 0.5) is 0 Å². The summed E-state index contributed by atoms with van der Waals surface area (Å²) in [7, 11) is 2.08. The molecule has 0 aliphatic carbocycles. The van der Waals surface area contributed by atoms with E-state index in [0.29, 0.717) is 0 Å². The molecule has 0 fully saturated rings. The van der Waals surface area contributed by atoms with Gasteiger partial charge in [0.2, 0.25) is 5.52 Å². The van der Waals surface area contributed by atoms with Crippen molar-refractivity contribution in [2.24, 2.45) is 12.5 Å². The molecule has 34 heavy (non-hydrogen) atoms. The Labute approximate surface area is 200 Å². The number of aromatic nitrogens is 2. The first-order valence-electron chi connectivity index (χ1n) is 12.0. The number of aryl methyl sites for hydroxylation is 4. The van der Waals surface area contributed by atoms with Crippen molar-refractivity contribution in [1.82, 2.24) is 4.40 Å². The van der Waals surface area contributed by atoms with Gasteiger partial charge in [0.15, 0.2) is 6.20 Å². The predicted octanol–water partition coefficient (Wildman–Crippen LogP) is 7.20. The number of nitriles is 1. The largest absolute Gasteiger partial charge is 0.307 e. The highest BCUT2D eigenvalue weighted by atomic mass is 15.0. The minimum Gasteiger partial charge on any atom is -0.307 e. The number of rotatable bonds is 1. The van der Waals surface area contributed by atoms with E-state index in [2.05, 4.69) is 100 Å². The van der Waals surface area contributed by atoms with E-state index in [9.17, 15) is 5.26 Å². The van der Waals surface area contributed by atoms with Crippen LogP contribution in [0.3, 0.4) is 0 Å². The Bertz CT molecular complexity index is 1850. The first-order chi connectivity index (χ1) is 16.1. The first kappa shape index (κ1) is 20.9. The summed E-state index contributed by atoms with van der Waals surface area (Å²) in [6.07, 6.45) is 3.03.